The van der Waals surface area contributed by atoms with Gasteiger partial charge in [-0.1, -0.05) is 27.7 Å². The monoisotopic (exact) mass is 348 g/mol. The number of hydrogen-bond donors (Lipinski definition) is 0. The van der Waals surface area contributed by atoms with Crippen LogP contribution in [0.1, 0.15) is 64.8 Å². The van der Waals surface area contributed by atoms with Crippen molar-refractivity contribution in [3.63, 3.8) is 0 Å². The van der Waals surface area contributed by atoms with Crippen LogP contribution in [-0.2, 0) is 11.2 Å². The van der Waals surface area contributed by atoms with Crippen LogP contribution in [0, 0.1) is 17.3 Å². The molecule has 1 spiro atoms. The lowest BCUT2D eigenvalue weighted by atomic mass is 9.77. The van der Waals surface area contributed by atoms with Gasteiger partial charge >= 0.3 is 0 Å². The molecule has 1 atom stereocenters. The number of nitrogens with zero attached hydrogens (tertiary/aromatic N) is 4. The SMILES string of the molecule is CCC(CC)C(=O)N1CC2(CC(c3nnc(CC(C)C)o3)N(C)C2)C1. The minimum Gasteiger partial charge on any atom is -0.424 e. The van der Waals surface area contributed by atoms with Crippen LogP contribution in [0.15, 0.2) is 4.42 Å². The molecule has 0 aromatic carbocycles. The van der Waals surface area contributed by atoms with Gasteiger partial charge in [-0.15, -0.1) is 10.2 Å². The van der Waals surface area contributed by atoms with Crippen LogP contribution in [-0.4, -0.2) is 52.6 Å². The van der Waals surface area contributed by atoms with Crippen molar-refractivity contribution in [2.75, 3.05) is 26.7 Å². The molecule has 1 unspecified atom stereocenters. The molecule has 2 saturated heterocycles. The van der Waals surface area contributed by atoms with E-state index >= 15 is 0 Å². The molecule has 3 rings (SSSR count). The minimum atomic E-state index is 0.179. The van der Waals surface area contributed by atoms with E-state index in [1.165, 1.54) is 0 Å². The molecule has 25 heavy (non-hydrogen) atoms. The number of rotatable bonds is 6. The van der Waals surface area contributed by atoms with Crippen LogP contribution < -0.4 is 0 Å². The van der Waals surface area contributed by atoms with Crippen molar-refractivity contribution in [3.05, 3.63) is 11.8 Å². The van der Waals surface area contributed by atoms with Gasteiger partial charge in [0.25, 0.3) is 0 Å². The number of aromatic nitrogens is 2. The summed E-state index contributed by atoms with van der Waals surface area (Å²) in [5.74, 6) is 2.50. The van der Waals surface area contributed by atoms with Crippen LogP contribution in [0.25, 0.3) is 0 Å². The molecule has 1 aromatic rings. The van der Waals surface area contributed by atoms with Crippen LogP contribution in [0.5, 0.6) is 0 Å². The topological polar surface area (TPSA) is 62.5 Å². The smallest absolute Gasteiger partial charge is 0.233 e. The molecular weight excluding hydrogens is 316 g/mol. The van der Waals surface area contributed by atoms with Crippen molar-refractivity contribution in [1.29, 1.82) is 0 Å². The first-order valence-corrected chi connectivity index (χ1v) is 9.68. The molecular formula is C19H32N4O2. The van der Waals surface area contributed by atoms with Gasteiger partial charge in [0.2, 0.25) is 17.7 Å². The lowest BCUT2D eigenvalue weighted by Gasteiger charge is -2.49. The summed E-state index contributed by atoms with van der Waals surface area (Å²) >= 11 is 0. The highest BCUT2D eigenvalue weighted by Crippen LogP contribution is 2.47. The summed E-state index contributed by atoms with van der Waals surface area (Å²) in [4.78, 5) is 16.9. The normalized spacial score (nSPS) is 23.0. The molecule has 2 aliphatic heterocycles. The summed E-state index contributed by atoms with van der Waals surface area (Å²) < 4.78 is 5.91. The summed E-state index contributed by atoms with van der Waals surface area (Å²) in [5.41, 5.74) is 0.202. The molecule has 0 radical (unpaired) electrons. The Balaban J connectivity index is 1.61. The van der Waals surface area contributed by atoms with Crippen LogP contribution >= 0.6 is 0 Å². The molecule has 6 heteroatoms. The van der Waals surface area contributed by atoms with Crippen molar-refractivity contribution in [2.45, 2.75) is 59.4 Å². The maximum Gasteiger partial charge on any atom is 0.233 e. The molecule has 6 nitrogen and oxygen atoms in total. The zero-order valence-corrected chi connectivity index (χ0v) is 16.3. The standard InChI is InChI=1S/C19H32N4O2/c1-6-14(7-2)18(24)23-11-19(12-23)9-15(22(5)10-19)17-21-20-16(25-17)8-13(3)4/h13-15H,6-12H2,1-5H3. The third-order valence-electron chi connectivity index (χ3n) is 5.79. The Morgan fingerprint density at radius 1 is 1.24 bits per heavy atom. The van der Waals surface area contributed by atoms with Gasteiger partial charge in [0.15, 0.2) is 0 Å². The number of hydrogen-bond acceptors (Lipinski definition) is 5. The van der Waals surface area contributed by atoms with Gasteiger partial charge in [0.05, 0.1) is 6.04 Å². The van der Waals surface area contributed by atoms with E-state index < -0.39 is 0 Å². The fourth-order valence-corrected chi connectivity index (χ4v) is 4.42. The Kier molecular flexibility index (Phi) is 5.19. The third kappa shape index (κ3) is 3.59. The first kappa shape index (κ1) is 18.4. The molecule has 0 bridgehead atoms. The Labute approximate surface area is 151 Å². The Hall–Kier alpha value is -1.43. The first-order valence-electron chi connectivity index (χ1n) is 9.68. The molecule has 0 aliphatic carbocycles. The first-order chi connectivity index (χ1) is 11.9. The van der Waals surface area contributed by atoms with Gasteiger partial charge in [-0.2, -0.15) is 0 Å². The van der Waals surface area contributed by atoms with Gasteiger partial charge in [0.1, 0.15) is 0 Å². The highest BCUT2D eigenvalue weighted by Gasteiger charge is 2.53. The molecule has 1 aromatic heterocycles. The van der Waals surface area contributed by atoms with Gasteiger partial charge in [-0.3, -0.25) is 9.69 Å². The molecule has 140 valence electrons. The van der Waals surface area contributed by atoms with Crippen molar-refractivity contribution < 1.29 is 9.21 Å². The zero-order chi connectivity index (χ0) is 18.2. The van der Waals surface area contributed by atoms with E-state index in [1.807, 2.05) is 4.90 Å². The predicted octanol–water partition coefficient (Wildman–Crippen LogP) is 2.91. The van der Waals surface area contributed by atoms with E-state index in [4.69, 9.17) is 4.42 Å². The van der Waals surface area contributed by atoms with Crippen molar-refractivity contribution in [1.82, 2.24) is 20.0 Å². The largest absolute Gasteiger partial charge is 0.424 e. The number of likely N-dealkylation sites (tertiary alicyclic amines) is 2. The maximum absolute atomic E-state index is 12.5. The van der Waals surface area contributed by atoms with Crippen LogP contribution in [0.2, 0.25) is 0 Å². The predicted molar refractivity (Wildman–Crippen MR) is 95.9 cm³/mol. The van der Waals surface area contributed by atoms with Crippen LogP contribution in [0.3, 0.4) is 0 Å². The molecule has 1 amide bonds. The summed E-state index contributed by atoms with van der Waals surface area (Å²) in [6, 6.07) is 0.179. The minimum absolute atomic E-state index is 0.179. The second-order valence-corrected chi connectivity index (χ2v) is 8.47. The third-order valence-corrected chi connectivity index (χ3v) is 5.79. The molecule has 2 aliphatic rings. The van der Waals surface area contributed by atoms with E-state index in [-0.39, 0.29) is 17.4 Å². The lowest BCUT2D eigenvalue weighted by molar-refractivity contribution is -0.147. The van der Waals surface area contributed by atoms with E-state index in [9.17, 15) is 4.79 Å². The average Bonchev–Trinajstić information content (AvgIpc) is 3.10. The van der Waals surface area contributed by atoms with Gasteiger partial charge in [-0.25, -0.2) is 0 Å². The fourth-order valence-electron chi connectivity index (χ4n) is 4.42. The summed E-state index contributed by atoms with van der Waals surface area (Å²) in [5, 5.41) is 8.50. The quantitative estimate of drug-likeness (QED) is 0.791. The lowest BCUT2D eigenvalue weighted by Crippen LogP contribution is -2.60. The number of carbonyl (C=O) groups is 1. The highest BCUT2D eigenvalue weighted by atomic mass is 16.4. The average molecular weight is 348 g/mol. The number of carbonyl (C=O) groups excluding carboxylic acids is 1. The van der Waals surface area contributed by atoms with Crippen molar-refractivity contribution in [2.24, 2.45) is 17.3 Å². The molecule has 2 fully saturated rings. The Morgan fingerprint density at radius 3 is 2.52 bits per heavy atom. The summed E-state index contributed by atoms with van der Waals surface area (Å²) in [6.45, 7) is 11.2. The zero-order valence-electron chi connectivity index (χ0n) is 16.3. The molecule has 0 saturated carbocycles. The van der Waals surface area contributed by atoms with E-state index in [0.717, 1.165) is 57.1 Å². The van der Waals surface area contributed by atoms with Gasteiger partial charge < -0.3 is 9.32 Å². The Bertz CT molecular complexity index is 602. The summed E-state index contributed by atoms with van der Waals surface area (Å²) in [6.07, 6.45) is 3.69. The van der Waals surface area contributed by atoms with Crippen molar-refractivity contribution in [3.8, 4) is 0 Å². The molecule has 3 heterocycles. The van der Waals surface area contributed by atoms with Crippen molar-refractivity contribution >= 4 is 5.91 Å². The van der Waals surface area contributed by atoms with E-state index in [2.05, 4.69) is 49.8 Å². The Morgan fingerprint density at radius 2 is 1.92 bits per heavy atom. The van der Waals surface area contributed by atoms with Crippen LogP contribution in [0.4, 0.5) is 0 Å². The molecule has 0 N–H and O–H groups in total. The fraction of sp³-hybridized carbons (Fsp3) is 0.842. The summed E-state index contributed by atoms with van der Waals surface area (Å²) in [7, 11) is 2.12. The maximum atomic E-state index is 12.5. The van der Waals surface area contributed by atoms with E-state index in [0.29, 0.717) is 11.8 Å². The highest BCUT2D eigenvalue weighted by molar-refractivity contribution is 5.79. The van der Waals surface area contributed by atoms with E-state index in [1.54, 1.807) is 0 Å². The second-order valence-electron chi connectivity index (χ2n) is 8.47. The van der Waals surface area contributed by atoms with Gasteiger partial charge in [0, 0.05) is 37.4 Å². The second kappa shape index (κ2) is 7.06. The van der Waals surface area contributed by atoms with Gasteiger partial charge in [-0.05, 0) is 32.2 Å². The number of amides is 1.